The number of morpholine rings is 1. The molecule has 0 aliphatic carbocycles. The van der Waals surface area contributed by atoms with Crippen LogP contribution in [0.3, 0.4) is 0 Å². The van der Waals surface area contributed by atoms with E-state index in [1.54, 1.807) is 6.92 Å². The highest BCUT2D eigenvalue weighted by molar-refractivity contribution is 7.89. The molecular weight excluding hydrogens is 378 g/mol. The Kier molecular flexibility index (Phi) is 5.54. The van der Waals surface area contributed by atoms with Gasteiger partial charge in [0.15, 0.2) is 0 Å². The lowest BCUT2D eigenvalue weighted by Crippen LogP contribution is -2.40. The molecule has 6 nitrogen and oxygen atoms in total. The second kappa shape index (κ2) is 7.71. The normalized spacial score (nSPS) is 15.5. The summed E-state index contributed by atoms with van der Waals surface area (Å²) in [4.78, 5) is 11.8. The highest BCUT2D eigenvalue weighted by atomic mass is 32.2. The lowest BCUT2D eigenvalue weighted by Gasteiger charge is -2.26. The van der Waals surface area contributed by atoms with Gasteiger partial charge in [0.1, 0.15) is 16.5 Å². The summed E-state index contributed by atoms with van der Waals surface area (Å²) in [7, 11) is -4.08. The maximum Gasteiger partial charge on any atom is 0.258 e. The molecule has 27 heavy (non-hydrogen) atoms. The van der Waals surface area contributed by atoms with Gasteiger partial charge < -0.3 is 10.1 Å². The van der Waals surface area contributed by atoms with Crippen molar-refractivity contribution in [1.82, 2.24) is 4.31 Å². The summed E-state index contributed by atoms with van der Waals surface area (Å²) in [6.45, 7) is 2.40. The molecule has 1 aliphatic heterocycles. The molecular formula is C18H18F2N2O4S. The zero-order valence-corrected chi connectivity index (χ0v) is 15.4. The Morgan fingerprint density at radius 1 is 1.07 bits per heavy atom. The van der Waals surface area contributed by atoms with Crippen LogP contribution < -0.4 is 5.32 Å². The van der Waals surface area contributed by atoms with E-state index in [1.165, 1.54) is 24.3 Å². The fourth-order valence-electron chi connectivity index (χ4n) is 2.72. The average Bonchev–Trinajstić information content (AvgIpc) is 2.65. The van der Waals surface area contributed by atoms with E-state index in [0.717, 1.165) is 16.4 Å². The lowest BCUT2D eigenvalue weighted by molar-refractivity contribution is 0.0729. The van der Waals surface area contributed by atoms with Gasteiger partial charge in [-0.15, -0.1) is 0 Å². The number of nitrogens with zero attached hydrogens (tertiary/aromatic N) is 1. The van der Waals surface area contributed by atoms with Gasteiger partial charge in [0.25, 0.3) is 5.91 Å². The summed E-state index contributed by atoms with van der Waals surface area (Å²) in [6.07, 6.45) is 0. The maximum absolute atomic E-state index is 14.2. The molecule has 2 aromatic rings. The van der Waals surface area contributed by atoms with Crippen LogP contribution >= 0.6 is 0 Å². The topological polar surface area (TPSA) is 75.7 Å². The van der Waals surface area contributed by atoms with Crippen LogP contribution in [-0.2, 0) is 14.8 Å². The molecule has 1 aliphatic rings. The Bertz CT molecular complexity index is 973. The first-order chi connectivity index (χ1) is 12.8. The summed E-state index contributed by atoms with van der Waals surface area (Å²) in [5.74, 6) is -2.39. The largest absolute Gasteiger partial charge is 0.379 e. The first-order valence-corrected chi connectivity index (χ1v) is 9.68. The standard InChI is InChI=1S/C18H18F2N2O4S/c1-12-2-4-15(19)14(10-12)18(23)21-13-3-5-16(20)17(11-13)27(24,25)22-6-8-26-9-7-22/h2-5,10-11H,6-9H2,1H3,(H,21,23). The van der Waals surface area contributed by atoms with Crippen molar-refractivity contribution in [2.75, 3.05) is 31.6 Å². The lowest BCUT2D eigenvalue weighted by atomic mass is 10.1. The Morgan fingerprint density at radius 2 is 1.74 bits per heavy atom. The van der Waals surface area contributed by atoms with Gasteiger partial charge in [0, 0.05) is 18.8 Å². The predicted octanol–water partition coefficient (Wildman–Crippen LogP) is 2.55. The molecule has 2 aromatic carbocycles. The van der Waals surface area contributed by atoms with E-state index in [2.05, 4.69) is 5.32 Å². The van der Waals surface area contributed by atoms with Crippen molar-refractivity contribution in [3.63, 3.8) is 0 Å². The van der Waals surface area contributed by atoms with Crippen molar-refractivity contribution in [3.8, 4) is 0 Å². The number of hydrogen-bond acceptors (Lipinski definition) is 4. The maximum atomic E-state index is 14.2. The Balaban J connectivity index is 1.89. The van der Waals surface area contributed by atoms with Crippen molar-refractivity contribution >= 4 is 21.6 Å². The molecule has 0 aromatic heterocycles. The smallest absolute Gasteiger partial charge is 0.258 e. The third-order valence-electron chi connectivity index (χ3n) is 4.14. The highest BCUT2D eigenvalue weighted by Crippen LogP contribution is 2.24. The molecule has 0 saturated carbocycles. The minimum absolute atomic E-state index is 0.0501. The molecule has 0 bridgehead atoms. The van der Waals surface area contributed by atoms with Crippen LogP contribution in [0.2, 0.25) is 0 Å². The number of rotatable bonds is 4. The van der Waals surface area contributed by atoms with E-state index in [-0.39, 0.29) is 37.6 Å². The molecule has 1 fully saturated rings. The van der Waals surface area contributed by atoms with Gasteiger partial charge in [-0.05, 0) is 37.3 Å². The average molecular weight is 396 g/mol. The van der Waals surface area contributed by atoms with E-state index >= 15 is 0 Å². The number of carbonyl (C=O) groups is 1. The Hall–Kier alpha value is -2.36. The van der Waals surface area contributed by atoms with E-state index in [9.17, 15) is 22.0 Å². The number of hydrogen-bond donors (Lipinski definition) is 1. The van der Waals surface area contributed by atoms with Gasteiger partial charge in [0.2, 0.25) is 10.0 Å². The number of nitrogens with one attached hydrogen (secondary N) is 1. The predicted molar refractivity (Wildman–Crippen MR) is 95.1 cm³/mol. The summed E-state index contributed by atoms with van der Waals surface area (Å²) in [5, 5.41) is 2.42. The van der Waals surface area contributed by atoms with Crippen LogP contribution in [0.5, 0.6) is 0 Å². The number of carbonyl (C=O) groups excluding carboxylic acids is 1. The fourth-order valence-corrected chi connectivity index (χ4v) is 4.21. The zero-order chi connectivity index (χ0) is 19.6. The molecule has 0 atom stereocenters. The van der Waals surface area contributed by atoms with E-state index in [0.29, 0.717) is 5.56 Å². The molecule has 0 unspecified atom stereocenters. The summed E-state index contributed by atoms with van der Waals surface area (Å²) in [6, 6.07) is 7.28. The van der Waals surface area contributed by atoms with Crippen LogP contribution in [0.4, 0.5) is 14.5 Å². The van der Waals surface area contributed by atoms with Gasteiger partial charge in [-0.2, -0.15) is 4.31 Å². The Morgan fingerprint density at radius 3 is 2.44 bits per heavy atom. The quantitative estimate of drug-likeness (QED) is 0.862. The second-order valence-corrected chi connectivity index (χ2v) is 8.01. The summed E-state index contributed by atoms with van der Waals surface area (Å²) < 4.78 is 59.6. The number of sulfonamides is 1. The van der Waals surface area contributed by atoms with E-state index < -0.39 is 32.5 Å². The number of benzene rings is 2. The molecule has 3 rings (SSSR count). The van der Waals surface area contributed by atoms with Crippen molar-refractivity contribution in [1.29, 1.82) is 0 Å². The van der Waals surface area contributed by atoms with E-state index in [1.807, 2.05) is 0 Å². The molecule has 144 valence electrons. The molecule has 1 N–H and O–H groups in total. The third kappa shape index (κ3) is 4.15. The van der Waals surface area contributed by atoms with Crippen molar-refractivity contribution in [2.24, 2.45) is 0 Å². The van der Waals surface area contributed by atoms with Crippen molar-refractivity contribution in [2.45, 2.75) is 11.8 Å². The third-order valence-corrected chi connectivity index (χ3v) is 6.06. The summed E-state index contributed by atoms with van der Waals surface area (Å²) >= 11 is 0. The van der Waals surface area contributed by atoms with Crippen molar-refractivity contribution in [3.05, 3.63) is 59.2 Å². The van der Waals surface area contributed by atoms with Gasteiger partial charge in [-0.3, -0.25) is 4.79 Å². The first-order valence-electron chi connectivity index (χ1n) is 8.24. The van der Waals surface area contributed by atoms with E-state index in [4.69, 9.17) is 4.74 Å². The minimum Gasteiger partial charge on any atom is -0.379 e. The van der Waals surface area contributed by atoms with Crippen LogP contribution in [-0.4, -0.2) is 44.9 Å². The van der Waals surface area contributed by atoms with Crippen LogP contribution in [0.25, 0.3) is 0 Å². The molecule has 0 radical (unpaired) electrons. The molecule has 0 spiro atoms. The molecule has 9 heteroatoms. The van der Waals surface area contributed by atoms with Crippen LogP contribution in [0, 0.1) is 18.6 Å². The van der Waals surface area contributed by atoms with Gasteiger partial charge in [0.05, 0.1) is 18.8 Å². The fraction of sp³-hybridized carbons (Fsp3) is 0.278. The van der Waals surface area contributed by atoms with Gasteiger partial charge >= 0.3 is 0 Å². The SMILES string of the molecule is Cc1ccc(F)c(C(=O)Nc2ccc(F)c(S(=O)(=O)N3CCOCC3)c2)c1. The molecule has 1 saturated heterocycles. The monoisotopic (exact) mass is 396 g/mol. The number of aryl methyl sites for hydroxylation is 1. The minimum atomic E-state index is -4.08. The van der Waals surface area contributed by atoms with Crippen LogP contribution in [0.15, 0.2) is 41.3 Å². The Labute approximate surface area is 155 Å². The van der Waals surface area contributed by atoms with Gasteiger partial charge in [-0.25, -0.2) is 17.2 Å². The molecule has 1 heterocycles. The number of amides is 1. The highest BCUT2D eigenvalue weighted by Gasteiger charge is 2.29. The zero-order valence-electron chi connectivity index (χ0n) is 14.5. The van der Waals surface area contributed by atoms with Crippen LogP contribution in [0.1, 0.15) is 15.9 Å². The summed E-state index contributed by atoms with van der Waals surface area (Å²) in [5.41, 5.74) is 0.558. The number of ether oxygens (including phenoxy) is 1. The number of anilines is 1. The number of halogens is 2. The van der Waals surface area contributed by atoms with Crippen molar-refractivity contribution < 1.29 is 26.7 Å². The first kappa shape index (κ1) is 19.4. The molecule has 1 amide bonds. The second-order valence-electron chi connectivity index (χ2n) is 6.10. The van der Waals surface area contributed by atoms with Gasteiger partial charge in [-0.1, -0.05) is 11.6 Å².